The first-order valence-corrected chi connectivity index (χ1v) is 5.34. The summed E-state index contributed by atoms with van der Waals surface area (Å²) in [7, 11) is 1.46. The molecule has 0 amide bonds. The van der Waals surface area contributed by atoms with E-state index in [4.69, 9.17) is 0 Å². The highest BCUT2D eigenvalue weighted by atomic mass is 16.5. The van der Waals surface area contributed by atoms with Crippen LogP contribution in [0.15, 0.2) is 0 Å². The summed E-state index contributed by atoms with van der Waals surface area (Å²) in [4.78, 5) is 10.8. The van der Waals surface area contributed by atoms with E-state index in [0.29, 0.717) is 6.42 Å². The molecule has 1 rings (SSSR count). The van der Waals surface area contributed by atoms with E-state index in [1.807, 2.05) is 0 Å². The fourth-order valence-electron chi connectivity index (χ4n) is 1.89. The Bertz CT molecular complexity index is 165. The number of methoxy groups -OCH3 is 1. The van der Waals surface area contributed by atoms with E-state index in [2.05, 4.69) is 11.7 Å². The fourth-order valence-corrected chi connectivity index (χ4v) is 1.89. The van der Waals surface area contributed by atoms with Gasteiger partial charge in [0, 0.05) is 6.42 Å². The predicted octanol–water partition coefficient (Wildman–Crippen LogP) is 2.77. The molecule has 1 aliphatic carbocycles. The summed E-state index contributed by atoms with van der Waals surface area (Å²) in [5.74, 6) is 1.69. The molecule has 2 atom stereocenters. The number of unbranched alkanes of at least 4 members (excludes halogenated alkanes) is 1. The summed E-state index contributed by atoms with van der Waals surface area (Å²) in [5, 5.41) is 0. The van der Waals surface area contributed by atoms with Gasteiger partial charge in [-0.25, -0.2) is 0 Å². The second-order valence-electron chi connectivity index (χ2n) is 4.01. The molecule has 0 bridgehead atoms. The molecule has 13 heavy (non-hydrogen) atoms. The van der Waals surface area contributed by atoms with Crippen molar-refractivity contribution in [3.05, 3.63) is 0 Å². The quantitative estimate of drug-likeness (QED) is 0.593. The standard InChI is InChI=1S/C11H20O2/c1-3-4-5-9-8-10(9)6-7-11(12)13-2/h9-10H,3-8H2,1-2H3/t9-,10+/m1/s1. The predicted molar refractivity (Wildman–Crippen MR) is 52.4 cm³/mol. The lowest BCUT2D eigenvalue weighted by molar-refractivity contribution is -0.140. The highest BCUT2D eigenvalue weighted by molar-refractivity contribution is 5.69. The van der Waals surface area contributed by atoms with Crippen molar-refractivity contribution in [1.29, 1.82) is 0 Å². The van der Waals surface area contributed by atoms with E-state index < -0.39 is 0 Å². The van der Waals surface area contributed by atoms with E-state index in [-0.39, 0.29) is 5.97 Å². The largest absolute Gasteiger partial charge is 0.469 e. The van der Waals surface area contributed by atoms with Gasteiger partial charge in [-0.2, -0.15) is 0 Å². The third kappa shape index (κ3) is 3.79. The van der Waals surface area contributed by atoms with Crippen LogP contribution in [0.2, 0.25) is 0 Å². The zero-order valence-electron chi connectivity index (χ0n) is 8.71. The molecule has 0 heterocycles. The Labute approximate surface area is 80.7 Å². The minimum atomic E-state index is -0.0545. The molecule has 2 heteroatoms. The Morgan fingerprint density at radius 2 is 2.08 bits per heavy atom. The van der Waals surface area contributed by atoms with Gasteiger partial charge >= 0.3 is 5.97 Å². The number of carbonyl (C=O) groups excluding carboxylic acids is 1. The molecule has 0 aromatic carbocycles. The smallest absolute Gasteiger partial charge is 0.305 e. The Balaban J connectivity index is 1.97. The van der Waals surface area contributed by atoms with Gasteiger partial charge in [-0.3, -0.25) is 4.79 Å². The number of hydrogen-bond acceptors (Lipinski definition) is 2. The molecular weight excluding hydrogens is 164 g/mol. The number of rotatable bonds is 6. The van der Waals surface area contributed by atoms with Crippen LogP contribution >= 0.6 is 0 Å². The lowest BCUT2D eigenvalue weighted by Gasteiger charge is -1.98. The van der Waals surface area contributed by atoms with Crippen molar-refractivity contribution in [2.24, 2.45) is 11.8 Å². The van der Waals surface area contributed by atoms with Gasteiger partial charge in [-0.1, -0.05) is 26.2 Å². The summed E-state index contributed by atoms with van der Waals surface area (Å²) in [6.07, 6.45) is 7.00. The Hall–Kier alpha value is -0.530. The SMILES string of the molecule is CCCC[C@@H]1C[C@@H]1CCC(=O)OC. The third-order valence-corrected chi connectivity index (χ3v) is 2.94. The lowest BCUT2D eigenvalue weighted by Crippen LogP contribution is -2.00. The first kappa shape index (κ1) is 10.6. The van der Waals surface area contributed by atoms with Crippen molar-refractivity contribution >= 4 is 5.97 Å². The summed E-state index contributed by atoms with van der Waals surface area (Å²) >= 11 is 0. The number of ether oxygens (including phenoxy) is 1. The molecule has 0 radical (unpaired) electrons. The van der Waals surface area contributed by atoms with Crippen LogP contribution in [0.25, 0.3) is 0 Å². The van der Waals surface area contributed by atoms with Gasteiger partial charge in [0.05, 0.1) is 7.11 Å². The Kier molecular flexibility index (Phi) is 4.26. The average molecular weight is 184 g/mol. The topological polar surface area (TPSA) is 26.3 Å². The maximum atomic E-state index is 10.8. The molecule has 0 aromatic rings. The van der Waals surface area contributed by atoms with Gasteiger partial charge in [0.15, 0.2) is 0 Å². The minimum absolute atomic E-state index is 0.0545. The van der Waals surface area contributed by atoms with E-state index in [9.17, 15) is 4.79 Å². The van der Waals surface area contributed by atoms with E-state index in [1.165, 1.54) is 32.8 Å². The van der Waals surface area contributed by atoms with E-state index >= 15 is 0 Å². The van der Waals surface area contributed by atoms with Crippen LogP contribution in [-0.4, -0.2) is 13.1 Å². The number of hydrogen-bond donors (Lipinski definition) is 0. The zero-order valence-corrected chi connectivity index (χ0v) is 8.71. The maximum Gasteiger partial charge on any atom is 0.305 e. The van der Waals surface area contributed by atoms with Gasteiger partial charge in [0.25, 0.3) is 0 Å². The molecule has 0 unspecified atom stereocenters. The van der Waals surface area contributed by atoms with E-state index in [1.54, 1.807) is 0 Å². The molecule has 1 fully saturated rings. The van der Waals surface area contributed by atoms with Crippen LogP contribution in [0.5, 0.6) is 0 Å². The Morgan fingerprint density at radius 1 is 1.38 bits per heavy atom. The summed E-state index contributed by atoms with van der Waals surface area (Å²) < 4.78 is 4.61. The van der Waals surface area contributed by atoms with Crippen molar-refractivity contribution in [1.82, 2.24) is 0 Å². The first-order valence-electron chi connectivity index (χ1n) is 5.34. The van der Waals surface area contributed by atoms with Crippen LogP contribution in [0.3, 0.4) is 0 Å². The highest BCUT2D eigenvalue weighted by Gasteiger charge is 2.35. The second kappa shape index (κ2) is 5.25. The fraction of sp³-hybridized carbons (Fsp3) is 0.909. The van der Waals surface area contributed by atoms with Gasteiger partial charge < -0.3 is 4.74 Å². The molecular formula is C11H20O2. The molecule has 76 valence electrons. The van der Waals surface area contributed by atoms with Gasteiger partial charge in [-0.15, -0.1) is 0 Å². The van der Waals surface area contributed by atoms with E-state index in [0.717, 1.165) is 18.3 Å². The number of esters is 1. The first-order chi connectivity index (χ1) is 6.27. The number of carbonyl (C=O) groups is 1. The minimum Gasteiger partial charge on any atom is -0.469 e. The molecule has 0 N–H and O–H groups in total. The second-order valence-corrected chi connectivity index (χ2v) is 4.01. The zero-order chi connectivity index (χ0) is 9.68. The normalized spacial score (nSPS) is 25.7. The summed E-state index contributed by atoms with van der Waals surface area (Å²) in [6, 6.07) is 0. The van der Waals surface area contributed by atoms with Crippen molar-refractivity contribution in [2.45, 2.75) is 45.4 Å². The molecule has 2 nitrogen and oxygen atoms in total. The Morgan fingerprint density at radius 3 is 2.69 bits per heavy atom. The van der Waals surface area contributed by atoms with Crippen molar-refractivity contribution in [2.75, 3.05) is 7.11 Å². The summed E-state index contributed by atoms with van der Waals surface area (Å²) in [5.41, 5.74) is 0. The van der Waals surface area contributed by atoms with Gasteiger partial charge in [-0.05, 0) is 24.7 Å². The van der Waals surface area contributed by atoms with Crippen LogP contribution in [0, 0.1) is 11.8 Å². The van der Waals surface area contributed by atoms with Crippen LogP contribution in [0.1, 0.15) is 45.4 Å². The van der Waals surface area contributed by atoms with Crippen molar-refractivity contribution in [3.8, 4) is 0 Å². The lowest BCUT2D eigenvalue weighted by atomic mass is 10.1. The molecule has 0 spiro atoms. The molecule has 0 saturated heterocycles. The van der Waals surface area contributed by atoms with Crippen LogP contribution in [0.4, 0.5) is 0 Å². The molecule has 0 aromatic heterocycles. The molecule has 1 saturated carbocycles. The molecule has 0 aliphatic heterocycles. The van der Waals surface area contributed by atoms with Gasteiger partial charge in [0.2, 0.25) is 0 Å². The van der Waals surface area contributed by atoms with Crippen molar-refractivity contribution < 1.29 is 9.53 Å². The van der Waals surface area contributed by atoms with Crippen LogP contribution < -0.4 is 0 Å². The highest BCUT2D eigenvalue weighted by Crippen LogP contribution is 2.45. The van der Waals surface area contributed by atoms with Crippen molar-refractivity contribution in [3.63, 3.8) is 0 Å². The van der Waals surface area contributed by atoms with Crippen LogP contribution in [-0.2, 0) is 9.53 Å². The summed E-state index contributed by atoms with van der Waals surface area (Å²) in [6.45, 7) is 2.23. The molecule has 1 aliphatic rings. The maximum absolute atomic E-state index is 10.8. The monoisotopic (exact) mass is 184 g/mol. The van der Waals surface area contributed by atoms with Gasteiger partial charge in [0.1, 0.15) is 0 Å². The third-order valence-electron chi connectivity index (χ3n) is 2.94. The average Bonchev–Trinajstić information content (AvgIpc) is 2.89.